The number of hydrogen-bond donors (Lipinski definition) is 0. The van der Waals surface area contributed by atoms with Gasteiger partial charge in [-0.05, 0) is 65.1 Å². The molecule has 0 saturated heterocycles. The summed E-state index contributed by atoms with van der Waals surface area (Å²) in [5, 5.41) is 3.99. The van der Waals surface area contributed by atoms with E-state index < -0.39 is 11.9 Å². The molecule has 5 nitrogen and oxygen atoms in total. The van der Waals surface area contributed by atoms with Crippen LogP contribution in [0.1, 0.15) is 30.4 Å². The van der Waals surface area contributed by atoms with Crippen LogP contribution in [0, 0.1) is 5.92 Å². The predicted octanol–water partition coefficient (Wildman–Crippen LogP) is 4.08. The van der Waals surface area contributed by atoms with Crippen LogP contribution in [0.4, 0.5) is 0 Å². The Balaban J connectivity index is 2.04. The summed E-state index contributed by atoms with van der Waals surface area (Å²) in [7, 11) is 3.13. The summed E-state index contributed by atoms with van der Waals surface area (Å²) in [5.74, 6) is -0.716. The van der Waals surface area contributed by atoms with Gasteiger partial charge < -0.3 is 14.2 Å². The van der Waals surface area contributed by atoms with Gasteiger partial charge in [0.25, 0.3) is 0 Å². The molecule has 0 amide bonds. The lowest BCUT2D eigenvalue weighted by Gasteiger charge is -2.29. The van der Waals surface area contributed by atoms with Gasteiger partial charge in [0.15, 0.2) is 17.3 Å². The molecule has 1 aromatic carbocycles. The van der Waals surface area contributed by atoms with E-state index in [1.54, 1.807) is 44.6 Å². The molecule has 2 atom stereocenters. The molecular formula is C21H22O5S. The van der Waals surface area contributed by atoms with Crippen LogP contribution in [0.15, 0.2) is 41.1 Å². The highest BCUT2D eigenvalue weighted by Crippen LogP contribution is 2.42. The van der Waals surface area contributed by atoms with Gasteiger partial charge >= 0.3 is 5.97 Å². The van der Waals surface area contributed by atoms with Crippen molar-refractivity contribution in [2.75, 3.05) is 20.8 Å². The molecule has 0 radical (unpaired) electrons. The van der Waals surface area contributed by atoms with E-state index in [1.807, 2.05) is 29.0 Å². The SMILES string of the molecule is CCOC(=O)[C@H]1C(=O)C=C(c2ccsc2)C[C@H]1c1ccc(OC)c(OC)c1. The van der Waals surface area contributed by atoms with Gasteiger partial charge in [-0.3, -0.25) is 9.59 Å². The molecule has 0 aliphatic heterocycles. The number of carbonyl (C=O) groups is 2. The normalized spacial score (nSPS) is 19.4. The second-order valence-corrected chi connectivity index (χ2v) is 7.02. The Morgan fingerprint density at radius 1 is 1.19 bits per heavy atom. The Morgan fingerprint density at radius 3 is 2.59 bits per heavy atom. The van der Waals surface area contributed by atoms with E-state index in [9.17, 15) is 9.59 Å². The van der Waals surface area contributed by atoms with Crippen LogP contribution in [0.5, 0.6) is 11.5 Å². The van der Waals surface area contributed by atoms with E-state index in [0.29, 0.717) is 17.9 Å². The topological polar surface area (TPSA) is 61.8 Å². The van der Waals surface area contributed by atoms with E-state index in [-0.39, 0.29) is 18.3 Å². The molecule has 0 unspecified atom stereocenters. The van der Waals surface area contributed by atoms with Gasteiger partial charge in [0, 0.05) is 5.92 Å². The number of esters is 1. The Morgan fingerprint density at radius 2 is 1.96 bits per heavy atom. The number of ether oxygens (including phenoxy) is 3. The third-order valence-electron chi connectivity index (χ3n) is 4.73. The highest BCUT2D eigenvalue weighted by atomic mass is 32.1. The number of carbonyl (C=O) groups excluding carboxylic acids is 2. The first-order valence-corrected chi connectivity index (χ1v) is 9.68. The van der Waals surface area contributed by atoms with Gasteiger partial charge in [-0.15, -0.1) is 0 Å². The first-order valence-electron chi connectivity index (χ1n) is 8.74. The Kier molecular flexibility index (Phi) is 5.96. The van der Waals surface area contributed by atoms with Crippen LogP contribution in [0.25, 0.3) is 5.57 Å². The highest BCUT2D eigenvalue weighted by molar-refractivity contribution is 7.08. The monoisotopic (exact) mass is 386 g/mol. The number of benzene rings is 1. The Hall–Kier alpha value is -2.60. The van der Waals surface area contributed by atoms with Crippen molar-refractivity contribution in [1.82, 2.24) is 0 Å². The van der Waals surface area contributed by atoms with Crippen LogP contribution < -0.4 is 9.47 Å². The summed E-state index contributed by atoms with van der Waals surface area (Å²) < 4.78 is 15.9. The van der Waals surface area contributed by atoms with Crippen molar-refractivity contribution >= 4 is 28.7 Å². The Labute approximate surface area is 162 Å². The molecule has 1 aliphatic carbocycles. The van der Waals surface area contributed by atoms with Gasteiger partial charge in [-0.1, -0.05) is 6.07 Å². The van der Waals surface area contributed by atoms with Crippen LogP contribution in [-0.2, 0) is 14.3 Å². The second-order valence-electron chi connectivity index (χ2n) is 6.24. The van der Waals surface area contributed by atoms with Crippen molar-refractivity contribution in [2.45, 2.75) is 19.3 Å². The summed E-state index contributed by atoms with van der Waals surface area (Å²) in [6.45, 7) is 1.98. The Bertz CT molecular complexity index is 853. The molecule has 1 aromatic heterocycles. The van der Waals surface area contributed by atoms with Gasteiger partial charge in [-0.2, -0.15) is 11.3 Å². The van der Waals surface area contributed by atoms with Crippen molar-refractivity contribution in [3.63, 3.8) is 0 Å². The number of thiophene rings is 1. The maximum atomic E-state index is 12.8. The van der Waals surface area contributed by atoms with E-state index in [4.69, 9.17) is 14.2 Å². The van der Waals surface area contributed by atoms with Crippen LogP contribution in [-0.4, -0.2) is 32.6 Å². The summed E-state index contributed by atoms with van der Waals surface area (Å²) in [6, 6.07) is 7.49. The minimum Gasteiger partial charge on any atom is -0.493 e. The van der Waals surface area contributed by atoms with Gasteiger partial charge in [0.05, 0.1) is 20.8 Å². The van der Waals surface area contributed by atoms with Gasteiger partial charge in [0.2, 0.25) is 0 Å². The fourth-order valence-electron chi connectivity index (χ4n) is 3.43. The number of ketones is 1. The molecule has 6 heteroatoms. The fraction of sp³-hybridized carbons (Fsp3) is 0.333. The maximum absolute atomic E-state index is 12.8. The lowest BCUT2D eigenvalue weighted by molar-refractivity contribution is -0.151. The van der Waals surface area contributed by atoms with Crippen molar-refractivity contribution in [2.24, 2.45) is 5.92 Å². The summed E-state index contributed by atoms with van der Waals surface area (Å²) in [6.07, 6.45) is 2.16. The standard InChI is InChI=1S/C21H22O5S/c1-4-26-21(23)20-16(13-5-6-18(24-2)19(11-13)25-3)9-15(10-17(20)22)14-7-8-27-12-14/h5-8,10-12,16,20H,4,9H2,1-3H3/t16-,20+/m0/s1. The van der Waals surface area contributed by atoms with E-state index in [2.05, 4.69) is 0 Å². The summed E-state index contributed by atoms with van der Waals surface area (Å²) >= 11 is 1.58. The average molecular weight is 386 g/mol. The summed E-state index contributed by atoms with van der Waals surface area (Å²) in [4.78, 5) is 25.4. The molecule has 2 aromatic rings. The number of allylic oxidation sites excluding steroid dienone is 2. The van der Waals surface area contributed by atoms with Gasteiger partial charge in [0.1, 0.15) is 5.92 Å². The zero-order chi connectivity index (χ0) is 19.4. The smallest absolute Gasteiger partial charge is 0.317 e. The van der Waals surface area contributed by atoms with Crippen molar-refractivity contribution in [3.8, 4) is 11.5 Å². The molecule has 27 heavy (non-hydrogen) atoms. The highest BCUT2D eigenvalue weighted by Gasteiger charge is 2.40. The van der Waals surface area contributed by atoms with Crippen molar-refractivity contribution in [1.29, 1.82) is 0 Å². The molecular weight excluding hydrogens is 364 g/mol. The van der Waals surface area contributed by atoms with Crippen molar-refractivity contribution in [3.05, 3.63) is 52.2 Å². The maximum Gasteiger partial charge on any atom is 0.317 e. The molecule has 1 heterocycles. The molecule has 0 saturated carbocycles. The summed E-state index contributed by atoms with van der Waals surface area (Å²) in [5.41, 5.74) is 2.79. The van der Waals surface area contributed by atoms with Crippen molar-refractivity contribution < 1.29 is 23.8 Å². The third kappa shape index (κ3) is 3.90. The number of rotatable bonds is 6. The molecule has 1 aliphatic rings. The minimum atomic E-state index is -0.856. The number of hydrogen-bond acceptors (Lipinski definition) is 6. The minimum absolute atomic E-state index is 0.222. The second kappa shape index (κ2) is 8.39. The lowest BCUT2D eigenvalue weighted by atomic mass is 9.74. The van der Waals surface area contributed by atoms with Crippen LogP contribution in [0.2, 0.25) is 0 Å². The fourth-order valence-corrected chi connectivity index (χ4v) is 4.11. The largest absolute Gasteiger partial charge is 0.493 e. The zero-order valence-electron chi connectivity index (χ0n) is 15.6. The van der Waals surface area contributed by atoms with E-state index >= 15 is 0 Å². The van der Waals surface area contributed by atoms with E-state index in [0.717, 1.165) is 16.7 Å². The molecule has 0 bridgehead atoms. The quantitative estimate of drug-likeness (QED) is 0.553. The number of methoxy groups -OCH3 is 2. The lowest BCUT2D eigenvalue weighted by Crippen LogP contribution is -2.34. The molecule has 3 rings (SSSR count). The first kappa shape index (κ1) is 19.2. The molecule has 0 fully saturated rings. The van der Waals surface area contributed by atoms with Crippen LogP contribution >= 0.6 is 11.3 Å². The van der Waals surface area contributed by atoms with Crippen LogP contribution in [0.3, 0.4) is 0 Å². The zero-order valence-corrected chi connectivity index (χ0v) is 16.4. The average Bonchev–Trinajstić information content (AvgIpc) is 3.21. The predicted molar refractivity (Wildman–Crippen MR) is 104 cm³/mol. The molecule has 0 spiro atoms. The third-order valence-corrected chi connectivity index (χ3v) is 5.42. The molecule has 0 N–H and O–H groups in total. The first-order chi connectivity index (χ1) is 13.1. The van der Waals surface area contributed by atoms with Gasteiger partial charge in [-0.25, -0.2) is 0 Å². The van der Waals surface area contributed by atoms with E-state index in [1.165, 1.54) is 0 Å². The molecule has 142 valence electrons.